The van der Waals surface area contributed by atoms with Crippen molar-refractivity contribution in [2.75, 3.05) is 23.0 Å². The van der Waals surface area contributed by atoms with Crippen LogP contribution in [0.4, 0.5) is 20.3 Å². The summed E-state index contributed by atoms with van der Waals surface area (Å²) in [6, 6.07) is 24.4. The maximum atomic E-state index is 16.2. The van der Waals surface area contributed by atoms with Gasteiger partial charge < -0.3 is 23.6 Å². The van der Waals surface area contributed by atoms with Gasteiger partial charge in [-0.2, -0.15) is 0 Å². The number of hydrogen-bond donors (Lipinski definition) is 1. The van der Waals surface area contributed by atoms with Crippen molar-refractivity contribution in [1.82, 2.24) is 15.0 Å². The molecule has 2 saturated heterocycles. The maximum Gasteiger partial charge on any atom is 0.414 e. The summed E-state index contributed by atoms with van der Waals surface area (Å²) in [6.45, 7) is 6.77. The van der Waals surface area contributed by atoms with E-state index in [1.54, 1.807) is 33.8 Å². The molecule has 4 heterocycles. The molecule has 1 N–H and O–H groups in total. The number of carbonyl (C=O) groups is 2. The number of aliphatic hydroxyl groups excluding tert-OH is 1. The van der Waals surface area contributed by atoms with Gasteiger partial charge in [-0.25, -0.2) is 4.79 Å². The molecule has 0 radical (unpaired) electrons. The number of fused-ring (bicyclic) bond motifs is 2. The van der Waals surface area contributed by atoms with Crippen molar-refractivity contribution >= 4 is 31.8 Å². The molecule has 10 nitrogen and oxygen atoms in total. The molecule has 2 fully saturated rings. The van der Waals surface area contributed by atoms with Crippen LogP contribution in [0, 0.1) is 5.92 Å². The monoisotopic (exact) mass is 655 g/mol. The van der Waals surface area contributed by atoms with Crippen molar-refractivity contribution in [2.24, 2.45) is 5.92 Å². The third-order valence-corrected chi connectivity index (χ3v) is 12.2. The van der Waals surface area contributed by atoms with Crippen LogP contribution in [0.2, 0.25) is 18.6 Å². The zero-order valence-corrected chi connectivity index (χ0v) is 27.6. The highest BCUT2D eigenvalue weighted by Crippen LogP contribution is 2.60. The number of halogens is 1. The molecule has 12 heteroatoms. The zero-order chi connectivity index (χ0) is 32.9. The average Bonchev–Trinajstić information content (AvgIpc) is 3.83. The highest BCUT2D eigenvalue weighted by atomic mass is 28.4. The van der Waals surface area contributed by atoms with E-state index < -0.39 is 37.7 Å². The lowest BCUT2D eigenvalue weighted by molar-refractivity contribution is -0.146. The first-order chi connectivity index (χ1) is 22.6. The second-order valence-electron chi connectivity index (χ2n) is 13.1. The van der Waals surface area contributed by atoms with Gasteiger partial charge in [0.1, 0.15) is 18.4 Å². The van der Waals surface area contributed by atoms with E-state index in [2.05, 4.69) is 10.3 Å². The molecule has 2 amide bonds. The van der Waals surface area contributed by atoms with E-state index in [1.165, 1.54) is 0 Å². The molecule has 3 aliphatic heterocycles. The third kappa shape index (κ3) is 5.43. The number of cyclic esters (lactones) is 1. The predicted octanol–water partition coefficient (Wildman–Crippen LogP) is 5.73. The fraction of sp³-hybridized carbons (Fsp3) is 0.371. The van der Waals surface area contributed by atoms with Gasteiger partial charge in [-0.3, -0.25) is 14.4 Å². The number of para-hydroxylation sites is 1. The number of carbonyl (C=O) groups excluding carboxylic acids is 2. The summed E-state index contributed by atoms with van der Waals surface area (Å²) in [5.74, 6) is -0.633. The molecule has 0 bridgehead atoms. The molecule has 244 valence electrons. The van der Waals surface area contributed by atoms with Crippen LogP contribution in [-0.2, 0) is 33.0 Å². The van der Waals surface area contributed by atoms with E-state index in [-0.39, 0.29) is 18.5 Å². The highest BCUT2D eigenvalue weighted by molar-refractivity contribution is 6.72. The number of hydrogen-bond acceptors (Lipinski definition) is 7. The fourth-order valence-corrected chi connectivity index (χ4v) is 10.2. The van der Waals surface area contributed by atoms with E-state index in [0.717, 1.165) is 16.8 Å². The lowest BCUT2D eigenvalue weighted by Gasteiger charge is -2.31. The number of aryl methyl sites for hydroxylation is 1. The Hall–Kier alpha value is -4.39. The second kappa shape index (κ2) is 12.0. The first-order valence-electron chi connectivity index (χ1n) is 16.0. The summed E-state index contributed by atoms with van der Waals surface area (Å²) in [5.41, 5.74) is 2.39. The Kier molecular flexibility index (Phi) is 7.97. The molecule has 3 aliphatic rings. The van der Waals surface area contributed by atoms with Gasteiger partial charge in [0.15, 0.2) is 5.60 Å². The number of rotatable bonds is 9. The Balaban J connectivity index is 1.15. The summed E-state index contributed by atoms with van der Waals surface area (Å²) in [4.78, 5) is 30.2. The minimum atomic E-state index is -3.35. The predicted molar refractivity (Wildman–Crippen MR) is 176 cm³/mol. The molecule has 0 aliphatic carbocycles. The summed E-state index contributed by atoms with van der Waals surface area (Å²) in [6.07, 6.45) is 0.285. The molecular weight excluding hydrogens is 617 g/mol. The fourth-order valence-electron chi connectivity index (χ4n) is 7.68. The van der Waals surface area contributed by atoms with Crippen LogP contribution >= 0.6 is 0 Å². The van der Waals surface area contributed by atoms with Gasteiger partial charge in [-0.05, 0) is 48.8 Å². The minimum absolute atomic E-state index is 0.211. The number of amides is 2. The van der Waals surface area contributed by atoms with Crippen LogP contribution in [0.15, 0.2) is 85.1 Å². The Bertz CT molecular complexity index is 1800. The van der Waals surface area contributed by atoms with Crippen LogP contribution in [0.3, 0.4) is 0 Å². The van der Waals surface area contributed by atoms with Crippen molar-refractivity contribution in [2.45, 2.75) is 62.9 Å². The largest absolute Gasteiger partial charge is 0.447 e. The lowest BCUT2D eigenvalue weighted by Crippen LogP contribution is -2.45. The van der Waals surface area contributed by atoms with Gasteiger partial charge in [0.2, 0.25) is 8.41 Å². The van der Waals surface area contributed by atoms with E-state index in [1.807, 2.05) is 85.8 Å². The summed E-state index contributed by atoms with van der Waals surface area (Å²) in [5, 5.41) is 19.2. The molecule has 47 heavy (non-hydrogen) atoms. The van der Waals surface area contributed by atoms with Gasteiger partial charge in [-0.1, -0.05) is 72.8 Å². The number of benzene rings is 3. The number of aromatic nitrogens is 3. The molecule has 4 aromatic rings. The van der Waals surface area contributed by atoms with Crippen LogP contribution in [0.1, 0.15) is 41.8 Å². The summed E-state index contributed by atoms with van der Waals surface area (Å²) in [7, 11) is -3.35. The molecule has 1 aromatic heterocycles. The zero-order valence-electron chi connectivity index (χ0n) is 26.6. The van der Waals surface area contributed by atoms with Crippen molar-refractivity contribution in [3.63, 3.8) is 0 Å². The Morgan fingerprint density at radius 1 is 1.06 bits per heavy atom. The Morgan fingerprint density at radius 2 is 1.83 bits per heavy atom. The molecule has 0 unspecified atom stereocenters. The van der Waals surface area contributed by atoms with Gasteiger partial charge >= 0.3 is 6.09 Å². The number of anilines is 2. The Morgan fingerprint density at radius 3 is 2.57 bits per heavy atom. The summed E-state index contributed by atoms with van der Waals surface area (Å²) >= 11 is 0. The van der Waals surface area contributed by atoms with Crippen molar-refractivity contribution < 1.29 is 28.3 Å². The van der Waals surface area contributed by atoms with Crippen LogP contribution in [-0.4, -0.2) is 59.8 Å². The van der Waals surface area contributed by atoms with Crippen LogP contribution < -0.4 is 9.80 Å². The smallest absolute Gasteiger partial charge is 0.414 e. The summed E-state index contributed by atoms with van der Waals surface area (Å²) < 4.78 is 29.9. The first kappa shape index (κ1) is 31.2. The number of aliphatic hydroxyl groups is 1. The van der Waals surface area contributed by atoms with Gasteiger partial charge in [0.05, 0.1) is 31.1 Å². The van der Waals surface area contributed by atoms with Crippen molar-refractivity contribution in [3.8, 4) is 0 Å². The molecule has 0 saturated carbocycles. The minimum Gasteiger partial charge on any atom is -0.447 e. The van der Waals surface area contributed by atoms with Crippen molar-refractivity contribution in [3.05, 3.63) is 107 Å². The van der Waals surface area contributed by atoms with E-state index >= 15 is 4.11 Å². The van der Waals surface area contributed by atoms with E-state index in [4.69, 9.17) is 9.47 Å². The van der Waals surface area contributed by atoms with Gasteiger partial charge in [0, 0.05) is 29.3 Å². The van der Waals surface area contributed by atoms with E-state index in [9.17, 15) is 14.7 Å². The van der Waals surface area contributed by atoms with Crippen LogP contribution in [0.5, 0.6) is 0 Å². The Labute approximate surface area is 273 Å². The van der Waals surface area contributed by atoms with Gasteiger partial charge in [0.25, 0.3) is 5.91 Å². The first-order valence-corrected chi connectivity index (χ1v) is 19.0. The molecule has 1 spiro atoms. The standard InChI is InChI=1S/C35H38FN5O5Si/c1-23-32(47(2,3)36)30(16-17-39-22-28(37-38-39)31(42)25-11-5-4-6-12-25)46-35(23)27-14-7-8-15-29(27)41(33(35)43)21-24-10-9-13-26(20-24)40-18-19-45-34(40)44/h4-15,20,22-23,30-32,42H,16-19,21H2,1-3H3/t23-,30+,31-,32-,35+/m1/s1. The molecular formula is C35H38FN5O5Si. The molecule has 5 atom stereocenters. The second-order valence-corrected chi connectivity index (χ2v) is 16.9. The van der Waals surface area contributed by atoms with Crippen LogP contribution in [0.25, 0.3) is 0 Å². The molecule has 7 rings (SSSR count). The van der Waals surface area contributed by atoms with E-state index in [0.29, 0.717) is 43.1 Å². The van der Waals surface area contributed by atoms with Crippen molar-refractivity contribution in [1.29, 1.82) is 0 Å². The normalized spacial score (nSPS) is 24.7. The number of ether oxygens (including phenoxy) is 2. The average molecular weight is 656 g/mol. The highest BCUT2D eigenvalue weighted by Gasteiger charge is 2.66. The van der Waals surface area contributed by atoms with Gasteiger partial charge in [-0.15, -0.1) is 5.10 Å². The number of nitrogens with zero attached hydrogens (tertiary/aromatic N) is 5. The quantitative estimate of drug-likeness (QED) is 0.181. The molecule has 3 aromatic carbocycles. The SMILES string of the molecule is C[C@@H]1[C@@H]([Si](C)(C)F)[C@H](CCn2cc([C@H](O)c3ccccc3)nn2)O[C@@]12C(=O)N(Cc1cccc(N3CCOC3=O)c1)c1ccccc12. The maximum absolute atomic E-state index is 16.2. The third-order valence-electron chi connectivity index (χ3n) is 9.79. The topological polar surface area (TPSA) is 110 Å². The lowest BCUT2D eigenvalue weighted by atomic mass is 9.82.